The first-order valence-electron chi connectivity index (χ1n) is 6.09. The van der Waals surface area contributed by atoms with Crippen LogP contribution in [-0.4, -0.2) is 47.3 Å². The fourth-order valence-corrected chi connectivity index (χ4v) is 2.13. The standard InChI is InChI=1S/C13H16N2O5S/c1-20-10(16)6-5-9(13(18)19)15-11(17)8-4-3-7-14-12(8)21-2/h3-4,7,9H,5-6H2,1-2H3,(H,15,17)(H,18,19)/t9-/m1/s1. The van der Waals surface area contributed by atoms with Crippen molar-refractivity contribution in [2.75, 3.05) is 13.4 Å². The van der Waals surface area contributed by atoms with Gasteiger partial charge in [0.05, 0.1) is 12.7 Å². The number of hydrogen-bond donors (Lipinski definition) is 2. The molecule has 114 valence electrons. The number of amides is 1. The van der Waals surface area contributed by atoms with Crippen LogP contribution in [-0.2, 0) is 14.3 Å². The number of carbonyl (C=O) groups excluding carboxylic acids is 2. The van der Waals surface area contributed by atoms with Gasteiger partial charge >= 0.3 is 11.9 Å². The van der Waals surface area contributed by atoms with Crippen molar-refractivity contribution in [2.45, 2.75) is 23.9 Å². The Labute approximate surface area is 126 Å². The number of nitrogens with one attached hydrogen (secondary N) is 1. The summed E-state index contributed by atoms with van der Waals surface area (Å²) in [6.07, 6.45) is 3.19. The van der Waals surface area contributed by atoms with E-state index < -0.39 is 23.9 Å². The molecule has 21 heavy (non-hydrogen) atoms. The molecule has 0 radical (unpaired) electrons. The second-order valence-corrected chi connectivity index (χ2v) is 4.83. The number of carboxylic acid groups (broad SMARTS) is 1. The third kappa shape index (κ3) is 5.07. The van der Waals surface area contributed by atoms with Crippen molar-refractivity contribution in [1.29, 1.82) is 0 Å². The van der Waals surface area contributed by atoms with E-state index in [1.807, 2.05) is 0 Å². The molecule has 1 aromatic heterocycles. The summed E-state index contributed by atoms with van der Waals surface area (Å²) in [5, 5.41) is 12.0. The first kappa shape index (κ1) is 17.0. The number of esters is 1. The van der Waals surface area contributed by atoms with Crippen molar-refractivity contribution in [2.24, 2.45) is 0 Å². The summed E-state index contributed by atoms with van der Waals surface area (Å²) in [5.41, 5.74) is 0.300. The summed E-state index contributed by atoms with van der Waals surface area (Å²) < 4.78 is 4.45. The Morgan fingerprint density at radius 2 is 2.19 bits per heavy atom. The summed E-state index contributed by atoms with van der Waals surface area (Å²) in [4.78, 5) is 38.3. The van der Waals surface area contributed by atoms with Gasteiger partial charge in [-0.05, 0) is 24.8 Å². The van der Waals surface area contributed by atoms with Gasteiger partial charge in [-0.3, -0.25) is 9.59 Å². The van der Waals surface area contributed by atoms with E-state index in [-0.39, 0.29) is 12.8 Å². The van der Waals surface area contributed by atoms with E-state index in [9.17, 15) is 14.4 Å². The quantitative estimate of drug-likeness (QED) is 0.570. The molecule has 0 aromatic carbocycles. The molecule has 0 saturated heterocycles. The average Bonchev–Trinajstić information content (AvgIpc) is 2.50. The number of aliphatic carboxylic acids is 1. The lowest BCUT2D eigenvalue weighted by molar-refractivity contribution is -0.142. The average molecular weight is 312 g/mol. The molecule has 0 bridgehead atoms. The van der Waals surface area contributed by atoms with Crippen molar-refractivity contribution in [1.82, 2.24) is 10.3 Å². The van der Waals surface area contributed by atoms with Gasteiger partial charge in [0.1, 0.15) is 11.1 Å². The van der Waals surface area contributed by atoms with Crippen molar-refractivity contribution in [3.8, 4) is 0 Å². The Kier molecular flexibility index (Phi) is 6.67. The molecule has 0 fully saturated rings. The smallest absolute Gasteiger partial charge is 0.326 e. The van der Waals surface area contributed by atoms with Gasteiger partial charge in [0, 0.05) is 12.6 Å². The molecule has 1 atom stereocenters. The van der Waals surface area contributed by atoms with E-state index in [0.717, 1.165) is 0 Å². The third-order valence-electron chi connectivity index (χ3n) is 2.68. The number of hydrogen-bond acceptors (Lipinski definition) is 6. The molecular formula is C13H16N2O5S. The lowest BCUT2D eigenvalue weighted by Crippen LogP contribution is -2.41. The second-order valence-electron chi connectivity index (χ2n) is 4.04. The van der Waals surface area contributed by atoms with Crippen molar-refractivity contribution in [3.05, 3.63) is 23.9 Å². The number of carbonyl (C=O) groups is 3. The highest BCUT2D eigenvalue weighted by molar-refractivity contribution is 7.98. The third-order valence-corrected chi connectivity index (χ3v) is 3.39. The van der Waals surface area contributed by atoms with E-state index in [1.54, 1.807) is 24.6 Å². The molecule has 1 amide bonds. The number of thioether (sulfide) groups is 1. The number of nitrogens with zero attached hydrogens (tertiary/aromatic N) is 1. The van der Waals surface area contributed by atoms with Crippen LogP contribution in [0.25, 0.3) is 0 Å². The highest BCUT2D eigenvalue weighted by Gasteiger charge is 2.23. The molecule has 0 aliphatic heterocycles. The number of methoxy groups -OCH3 is 1. The minimum absolute atomic E-state index is 0.0391. The van der Waals surface area contributed by atoms with E-state index in [0.29, 0.717) is 10.6 Å². The molecular weight excluding hydrogens is 296 g/mol. The molecule has 7 nitrogen and oxygen atoms in total. The number of pyridine rings is 1. The first-order valence-corrected chi connectivity index (χ1v) is 7.31. The molecule has 8 heteroatoms. The topological polar surface area (TPSA) is 106 Å². The summed E-state index contributed by atoms with van der Waals surface area (Å²) in [6.45, 7) is 0. The Bertz CT molecular complexity index is 535. The zero-order valence-corrected chi connectivity index (χ0v) is 12.5. The van der Waals surface area contributed by atoms with Crippen LogP contribution in [0.5, 0.6) is 0 Å². The van der Waals surface area contributed by atoms with Crippen LogP contribution >= 0.6 is 11.8 Å². The number of carboxylic acids is 1. The Morgan fingerprint density at radius 1 is 1.48 bits per heavy atom. The van der Waals surface area contributed by atoms with Crippen LogP contribution in [0.2, 0.25) is 0 Å². The van der Waals surface area contributed by atoms with Gasteiger partial charge in [0.25, 0.3) is 5.91 Å². The van der Waals surface area contributed by atoms with Crippen LogP contribution in [0.1, 0.15) is 23.2 Å². The van der Waals surface area contributed by atoms with Crippen LogP contribution < -0.4 is 5.32 Å². The van der Waals surface area contributed by atoms with E-state index >= 15 is 0 Å². The van der Waals surface area contributed by atoms with E-state index in [4.69, 9.17) is 5.11 Å². The zero-order valence-electron chi connectivity index (χ0n) is 11.7. The van der Waals surface area contributed by atoms with Crippen LogP contribution in [0.3, 0.4) is 0 Å². The predicted octanol–water partition coefficient (Wildman–Crippen LogP) is 0.940. The Morgan fingerprint density at radius 3 is 2.76 bits per heavy atom. The van der Waals surface area contributed by atoms with Gasteiger partial charge in [-0.2, -0.15) is 0 Å². The van der Waals surface area contributed by atoms with Gasteiger partial charge in [-0.25, -0.2) is 9.78 Å². The molecule has 1 heterocycles. The van der Waals surface area contributed by atoms with Crippen LogP contribution in [0.4, 0.5) is 0 Å². The van der Waals surface area contributed by atoms with Crippen molar-refractivity contribution < 1.29 is 24.2 Å². The number of rotatable bonds is 7. The number of aromatic nitrogens is 1. The van der Waals surface area contributed by atoms with Gasteiger partial charge < -0.3 is 15.2 Å². The van der Waals surface area contributed by atoms with Crippen LogP contribution in [0.15, 0.2) is 23.4 Å². The lowest BCUT2D eigenvalue weighted by atomic mass is 10.1. The van der Waals surface area contributed by atoms with Crippen molar-refractivity contribution >= 4 is 29.6 Å². The minimum Gasteiger partial charge on any atom is -0.480 e. The summed E-state index contributed by atoms with van der Waals surface area (Å²) >= 11 is 1.29. The summed E-state index contributed by atoms with van der Waals surface area (Å²) in [7, 11) is 1.22. The monoisotopic (exact) mass is 312 g/mol. The Hall–Kier alpha value is -2.09. The van der Waals surface area contributed by atoms with Gasteiger partial charge in [-0.15, -0.1) is 11.8 Å². The van der Waals surface area contributed by atoms with Gasteiger partial charge in [0.2, 0.25) is 0 Å². The van der Waals surface area contributed by atoms with Gasteiger partial charge in [-0.1, -0.05) is 0 Å². The van der Waals surface area contributed by atoms with Crippen LogP contribution in [0, 0.1) is 0 Å². The highest BCUT2D eigenvalue weighted by atomic mass is 32.2. The summed E-state index contributed by atoms with van der Waals surface area (Å²) in [6, 6.07) is 2.00. The predicted molar refractivity (Wildman–Crippen MR) is 76.2 cm³/mol. The molecule has 1 rings (SSSR count). The zero-order chi connectivity index (χ0) is 15.8. The fraction of sp³-hybridized carbons (Fsp3) is 0.385. The fourth-order valence-electron chi connectivity index (χ4n) is 1.58. The SMILES string of the molecule is COC(=O)CC[C@@H](NC(=O)c1cccnc1SC)C(=O)O. The summed E-state index contributed by atoms with van der Waals surface area (Å²) in [5.74, 6) is -2.27. The largest absolute Gasteiger partial charge is 0.480 e. The highest BCUT2D eigenvalue weighted by Crippen LogP contribution is 2.17. The molecule has 0 aliphatic rings. The molecule has 0 saturated carbocycles. The molecule has 0 spiro atoms. The van der Waals surface area contributed by atoms with Crippen molar-refractivity contribution in [3.63, 3.8) is 0 Å². The molecule has 0 aliphatic carbocycles. The normalized spacial score (nSPS) is 11.5. The lowest BCUT2D eigenvalue weighted by Gasteiger charge is -2.14. The van der Waals surface area contributed by atoms with E-state index in [2.05, 4.69) is 15.0 Å². The number of ether oxygens (including phenoxy) is 1. The molecule has 2 N–H and O–H groups in total. The molecule has 0 unspecified atom stereocenters. The molecule has 1 aromatic rings. The Balaban J connectivity index is 2.76. The van der Waals surface area contributed by atoms with E-state index in [1.165, 1.54) is 18.9 Å². The minimum atomic E-state index is -1.21. The maximum atomic E-state index is 12.1. The maximum Gasteiger partial charge on any atom is 0.326 e. The van der Waals surface area contributed by atoms with Gasteiger partial charge in [0.15, 0.2) is 0 Å². The first-order chi connectivity index (χ1) is 9.99. The second kappa shape index (κ2) is 8.25. The maximum absolute atomic E-state index is 12.1.